The monoisotopic (exact) mass is 425 g/mol. The minimum atomic E-state index is -0.906. The number of nitrogens with zero attached hydrogens (tertiary/aromatic N) is 2. The van der Waals surface area contributed by atoms with Crippen molar-refractivity contribution < 1.29 is 14.3 Å². The summed E-state index contributed by atoms with van der Waals surface area (Å²) in [5, 5.41) is 7.11. The first-order chi connectivity index (χ1) is 14.6. The minimum absolute atomic E-state index is 0.0970. The SMILES string of the molecule is O=C(N[C@H](Cc1cnc[nH]1)C(=O)N/N=C\c1ccc(Cl)cc1)OCc1ccccc1. The van der Waals surface area contributed by atoms with E-state index < -0.39 is 18.0 Å². The molecule has 8 nitrogen and oxygen atoms in total. The molecule has 154 valence electrons. The van der Waals surface area contributed by atoms with Gasteiger partial charge in [0.05, 0.1) is 12.5 Å². The maximum absolute atomic E-state index is 12.6. The second kappa shape index (κ2) is 10.8. The summed E-state index contributed by atoms with van der Waals surface area (Å²) in [5.74, 6) is -0.494. The van der Waals surface area contributed by atoms with Crippen LogP contribution in [0, 0.1) is 0 Å². The van der Waals surface area contributed by atoms with E-state index in [0.29, 0.717) is 10.7 Å². The lowest BCUT2D eigenvalue weighted by Gasteiger charge is -2.16. The number of H-pyrrole nitrogens is 1. The molecule has 3 aromatic rings. The van der Waals surface area contributed by atoms with Crippen LogP contribution in [0.5, 0.6) is 0 Å². The van der Waals surface area contributed by atoms with Gasteiger partial charge in [-0.1, -0.05) is 54.1 Å². The van der Waals surface area contributed by atoms with E-state index in [9.17, 15) is 9.59 Å². The number of carbonyl (C=O) groups is 2. The Morgan fingerprint density at radius 3 is 2.63 bits per heavy atom. The number of benzene rings is 2. The van der Waals surface area contributed by atoms with E-state index in [0.717, 1.165) is 11.1 Å². The van der Waals surface area contributed by atoms with Gasteiger partial charge in [-0.25, -0.2) is 15.2 Å². The van der Waals surface area contributed by atoms with Gasteiger partial charge in [-0.3, -0.25) is 4.79 Å². The number of alkyl carbamates (subject to hydrolysis) is 1. The van der Waals surface area contributed by atoms with Crippen LogP contribution in [0.15, 0.2) is 72.2 Å². The predicted octanol–water partition coefficient (Wildman–Crippen LogP) is 3.05. The summed E-state index contributed by atoms with van der Waals surface area (Å²) in [6.45, 7) is 0.0970. The van der Waals surface area contributed by atoms with Gasteiger partial charge in [0.1, 0.15) is 12.6 Å². The Morgan fingerprint density at radius 1 is 1.17 bits per heavy atom. The first kappa shape index (κ1) is 21.1. The Morgan fingerprint density at radius 2 is 1.93 bits per heavy atom. The summed E-state index contributed by atoms with van der Waals surface area (Å²) in [6.07, 6.45) is 4.04. The van der Waals surface area contributed by atoms with Gasteiger partial charge >= 0.3 is 6.09 Å². The fraction of sp³-hybridized carbons (Fsp3) is 0.143. The highest BCUT2D eigenvalue weighted by Gasteiger charge is 2.22. The van der Waals surface area contributed by atoms with Crippen molar-refractivity contribution >= 4 is 29.8 Å². The first-order valence-corrected chi connectivity index (χ1v) is 9.51. The van der Waals surface area contributed by atoms with Crippen LogP contribution in [-0.4, -0.2) is 34.2 Å². The zero-order valence-electron chi connectivity index (χ0n) is 15.9. The topological polar surface area (TPSA) is 108 Å². The van der Waals surface area contributed by atoms with E-state index in [2.05, 4.69) is 25.8 Å². The van der Waals surface area contributed by atoms with Crippen LogP contribution in [-0.2, 0) is 22.6 Å². The smallest absolute Gasteiger partial charge is 0.408 e. The van der Waals surface area contributed by atoms with E-state index in [1.165, 1.54) is 12.5 Å². The second-order valence-electron chi connectivity index (χ2n) is 6.33. The molecule has 2 amide bonds. The molecule has 0 aliphatic heterocycles. The third-order valence-electron chi connectivity index (χ3n) is 4.06. The number of hydrogen-bond donors (Lipinski definition) is 3. The molecule has 2 aromatic carbocycles. The molecule has 0 aliphatic rings. The number of amides is 2. The molecule has 0 radical (unpaired) electrons. The normalized spacial score (nSPS) is 11.8. The molecular formula is C21H20ClN5O3. The number of ether oxygens (including phenoxy) is 1. The van der Waals surface area contributed by atoms with Gasteiger partial charge in [-0.2, -0.15) is 5.10 Å². The second-order valence-corrected chi connectivity index (χ2v) is 6.76. The molecule has 1 atom stereocenters. The molecule has 1 heterocycles. The standard InChI is InChI=1S/C21H20ClN5O3/c22-17-8-6-15(7-9-17)11-25-27-20(28)19(10-18-12-23-14-24-18)26-21(29)30-13-16-4-2-1-3-5-16/h1-9,11-12,14,19H,10,13H2,(H,23,24)(H,26,29)(H,27,28)/b25-11-/t19-/m1/s1. The summed E-state index contributed by atoms with van der Waals surface area (Å²) < 4.78 is 5.21. The fourth-order valence-corrected chi connectivity index (χ4v) is 2.66. The van der Waals surface area contributed by atoms with Crippen LogP contribution in [0.1, 0.15) is 16.8 Å². The van der Waals surface area contributed by atoms with Crippen LogP contribution < -0.4 is 10.7 Å². The summed E-state index contributed by atoms with van der Waals surface area (Å²) in [6, 6.07) is 15.3. The van der Waals surface area contributed by atoms with Crippen LogP contribution >= 0.6 is 11.6 Å². The van der Waals surface area contributed by atoms with Crippen molar-refractivity contribution in [1.82, 2.24) is 20.7 Å². The van der Waals surface area contributed by atoms with Crippen molar-refractivity contribution in [3.63, 3.8) is 0 Å². The highest BCUT2D eigenvalue weighted by Crippen LogP contribution is 2.08. The Balaban J connectivity index is 1.58. The molecule has 9 heteroatoms. The summed E-state index contributed by atoms with van der Waals surface area (Å²) in [7, 11) is 0. The average Bonchev–Trinajstić information content (AvgIpc) is 3.27. The molecule has 30 heavy (non-hydrogen) atoms. The number of imidazole rings is 1. The summed E-state index contributed by atoms with van der Waals surface area (Å²) >= 11 is 5.84. The van der Waals surface area contributed by atoms with Crippen LogP contribution in [0.2, 0.25) is 5.02 Å². The highest BCUT2D eigenvalue weighted by atomic mass is 35.5. The van der Waals surface area contributed by atoms with Crippen LogP contribution in [0.25, 0.3) is 0 Å². The molecule has 0 saturated heterocycles. The third-order valence-corrected chi connectivity index (χ3v) is 4.31. The van der Waals surface area contributed by atoms with E-state index in [4.69, 9.17) is 16.3 Å². The highest BCUT2D eigenvalue weighted by molar-refractivity contribution is 6.30. The molecule has 3 N–H and O–H groups in total. The average molecular weight is 426 g/mol. The Hall–Kier alpha value is -3.65. The van der Waals surface area contributed by atoms with Gasteiger partial charge in [0.2, 0.25) is 0 Å². The van der Waals surface area contributed by atoms with Crippen LogP contribution in [0.4, 0.5) is 4.79 Å². The Bertz CT molecular complexity index is 976. The molecule has 3 rings (SSSR count). The number of aromatic amines is 1. The van der Waals surface area contributed by atoms with E-state index in [1.54, 1.807) is 30.5 Å². The molecule has 0 aliphatic carbocycles. The van der Waals surface area contributed by atoms with Gasteiger partial charge in [0.25, 0.3) is 5.91 Å². The molecular weight excluding hydrogens is 406 g/mol. The van der Waals surface area contributed by atoms with Crippen molar-refractivity contribution in [2.45, 2.75) is 19.1 Å². The van der Waals surface area contributed by atoms with E-state index >= 15 is 0 Å². The van der Waals surface area contributed by atoms with Gasteiger partial charge < -0.3 is 15.0 Å². The summed E-state index contributed by atoms with van der Waals surface area (Å²) in [4.78, 5) is 31.6. The fourth-order valence-electron chi connectivity index (χ4n) is 2.53. The van der Waals surface area contributed by atoms with Crippen molar-refractivity contribution in [1.29, 1.82) is 0 Å². The number of carbonyl (C=O) groups excluding carboxylic acids is 2. The molecule has 0 unspecified atom stereocenters. The van der Waals surface area contributed by atoms with Crippen LogP contribution in [0.3, 0.4) is 0 Å². The number of halogens is 1. The van der Waals surface area contributed by atoms with Crippen molar-refractivity contribution in [2.75, 3.05) is 0 Å². The van der Waals surface area contributed by atoms with Crippen molar-refractivity contribution in [2.24, 2.45) is 5.10 Å². The molecule has 0 spiro atoms. The number of hydrazone groups is 1. The number of rotatable bonds is 8. The van der Waals surface area contributed by atoms with Crippen molar-refractivity contribution in [3.8, 4) is 0 Å². The maximum atomic E-state index is 12.6. The first-order valence-electron chi connectivity index (χ1n) is 9.13. The van der Waals surface area contributed by atoms with E-state index in [-0.39, 0.29) is 13.0 Å². The molecule has 0 bridgehead atoms. The number of aromatic nitrogens is 2. The van der Waals surface area contributed by atoms with Gasteiger partial charge in [-0.05, 0) is 23.3 Å². The Kier molecular flexibility index (Phi) is 7.57. The number of nitrogens with one attached hydrogen (secondary N) is 3. The predicted molar refractivity (Wildman–Crippen MR) is 113 cm³/mol. The largest absolute Gasteiger partial charge is 0.445 e. The van der Waals surface area contributed by atoms with Crippen molar-refractivity contribution in [3.05, 3.63) is 89.0 Å². The van der Waals surface area contributed by atoms with E-state index in [1.807, 2.05) is 30.3 Å². The molecule has 1 aromatic heterocycles. The van der Waals surface area contributed by atoms with Gasteiger partial charge in [0.15, 0.2) is 0 Å². The Labute approximate surface area is 178 Å². The lowest BCUT2D eigenvalue weighted by Crippen LogP contribution is -2.47. The molecule has 0 saturated carbocycles. The molecule has 0 fully saturated rings. The maximum Gasteiger partial charge on any atom is 0.408 e. The number of hydrogen-bond acceptors (Lipinski definition) is 5. The lowest BCUT2D eigenvalue weighted by molar-refractivity contribution is -0.123. The zero-order valence-corrected chi connectivity index (χ0v) is 16.7. The van der Waals surface area contributed by atoms with Gasteiger partial charge in [0, 0.05) is 23.3 Å². The third kappa shape index (κ3) is 6.75. The minimum Gasteiger partial charge on any atom is -0.445 e. The summed E-state index contributed by atoms with van der Waals surface area (Å²) in [5.41, 5.74) is 4.72. The quantitative estimate of drug-likeness (QED) is 0.380. The lowest BCUT2D eigenvalue weighted by atomic mass is 10.1. The van der Waals surface area contributed by atoms with Gasteiger partial charge in [-0.15, -0.1) is 0 Å². The zero-order chi connectivity index (χ0) is 21.2.